The summed E-state index contributed by atoms with van der Waals surface area (Å²) >= 11 is 1.60. The van der Waals surface area contributed by atoms with E-state index in [-0.39, 0.29) is 0 Å². The Morgan fingerprint density at radius 2 is 2.38 bits per heavy atom. The molecule has 0 fully saturated rings. The number of fused-ring (bicyclic) bond motifs is 1. The van der Waals surface area contributed by atoms with Gasteiger partial charge in [-0.2, -0.15) is 5.26 Å². The first kappa shape index (κ1) is 15.8. The largest absolute Gasteiger partial charge is 0.481 e. The molecule has 114 valence electrons. The molecular weight excluding hydrogens is 286 g/mol. The van der Waals surface area contributed by atoms with Crippen molar-refractivity contribution >= 4 is 22.4 Å². The summed E-state index contributed by atoms with van der Waals surface area (Å²) in [5, 5.41) is 19.0. The van der Waals surface area contributed by atoms with Crippen molar-refractivity contribution in [2.45, 2.75) is 45.4 Å². The third-order valence-electron chi connectivity index (χ3n) is 3.59. The van der Waals surface area contributed by atoms with Gasteiger partial charge in [-0.3, -0.25) is 4.79 Å². The molecule has 0 amide bonds. The molecular formula is C15H21N3O2S. The van der Waals surface area contributed by atoms with Crippen LogP contribution in [0.3, 0.4) is 0 Å². The molecule has 1 atom stereocenters. The predicted octanol–water partition coefficient (Wildman–Crippen LogP) is 3.02. The Hall–Kier alpha value is -1.61. The van der Waals surface area contributed by atoms with Gasteiger partial charge in [0.05, 0.1) is 18.2 Å². The summed E-state index contributed by atoms with van der Waals surface area (Å²) in [5.41, 5.74) is 0.750. The molecule has 0 bridgehead atoms. The van der Waals surface area contributed by atoms with Crippen LogP contribution >= 0.6 is 11.3 Å². The quantitative estimate of drug-likeness (QED) is 0.874. The van der Waals surface area contributed by atoms with Crippen molar-refractivity contribution in [3.05, 3.63) is 10.6 Å². The normalized spacial score (nSPS) is 17.3. The third-order valence-corrected chi connectivity index (χ3v) is 4.78. The summed E-state index contributed by atoms with van der Waals surface area (Å²) < 4.78 is 0. The van der Waals surface area contributed by atoms with E-state index in [1.165, 1.54) is 0 Å². The molecule has 0 aliphatic heterocycles. The van der Waals surface area contributed by atoms with E-state index in [1.807, 2.05) is 0 Å². The Labute approximate surface area is 129 Å². The minimum Gasteiger partial charge on any atom is -0.481 e. The Bertz CT molecular complexity index is 548. The van der Waals surface area contributed by atoms with Crippen LogP contribution in [-0.4, -0.2) is 29.1 Å². The maximum Gasteiger partial charge on any atom is 0.312 e. The van der Waals surface area contributed by atoms with E-state index >= 15 is 0 Å². The molecule has 5 nitrogen and oxygen atoms in total. The van der Waals surface area contributed by atoms with Gasteiger partial charge in [0, 0.05) is 18.0 Å². The van der Waals surface area contributed by atoms with Crippen LogP contribution in [0.2, 0.25) is 0 Å². The van der Waals surface area contributed by atoms with Crippen LogP contribution in [0, 0.1) is 17.2 Å². The van der Waals surface area contributed by atoms with E-state index in [0.29, 0.717) is 25.3 Å². The number of aryl methyl sites for hydroxylation is 1. The number of thiazole rings is 1. The monoisotopic (exact) mass is 307 g/mol. The molecule has 1 N–H and O–H groups in total. The van der Waals surface area contributed by atoms with Crippen molar-refractivity contribution in [3.63, 3.8) is 0 Å². The van der Waals surface area contributed by atoms with E-state index in [4.69, 9.17) is 5.26 Å². The van der Waals surface area contributed by atoms with Crippen LogP contribution in [0.5, 0.6) is 0 Å². The number of carboxylic acids is 1. The number of carbonyl (C=O) groups is 1. The lowest BCUT2D eigenvalue weighted by Gasteiger charge is -2.22. The van der Waals surface area contributed by atoms with Crippen LogP contribution in [0.15, 0.2) is 0 Å². The van der Waals surface area contributed by atoms with Gasteiger partial charge in [-0.25, -0.2) is 4.98 Å². The van der Waals surface area contributed by atoms with Gasteiger partial charge in [0.1, 0.15) is 5.92 Å². The number of aliphatic carboxylic acids is 1. The standard InChI is InChI=1S/C15H21N3O2S/c1-10(2)9-18(8-4-7-16)15-17-13-11(14(19)20)5-3-6-12(13)21-15/h10-11H,3-6,8-9H2,1-2H3,(H,19,20). The van der Waals surface area contributed by atoms with Crippen LogP contribution in [0.1, 0.15) is 49.6 Å². The molecule has 0 saturated carbocycles. The average Bonchev–Trinajstić information content (AvgIpc) is 2.86. The fraction of sp³-hybridized carbons (Fsp3) is 0.667. The number of rotatable bonds is 6. The fourth-order valence-electron chi connectivity index (χ4n) is 2.67. The SMILES string of the molecule is CC(C)CN(CCC#N)c1nc2c(s1)CCCC2C(=O)O. The number of anilines is 1. The molecule has 1 aromatic rings. The van der Waals surface area contributed by atoms with Gasteiger partial charge >= 0.3 is 5.97 Å². The summed E-state index contributed by atoms with van der Waals surface area (Å²) in [6.45, 7) is 5.75. The second-order valence-electron chi connectivity index (χ2n) is 5.84. The van der Waals surface area contributed by atoms with Crippen molar-refractivity contribution in [1.82, 2.24) is 4.98 Å². The maximum absolute atomic E-state index is 11.4. The van der Waals surface area contributed by atoms with Crippen molar-refractivity contribution in [2.75, 3.05) is 18.0 Å². The lowest BCUT2D eigenvalue weighted by molar-refractivity contribution is -0.139. The maximum atomic E-state index is 11.4. The summed E-state index contributed by atoms with van der Waals surface area (Å²) in [5.74, 6) is -0.768. The molecule has 0 radical (unpaired) electrons. The van der Waals surface area contributed by atoms with Crippen LogP contribution < -0.4 is 4.90 Å². The third kappa shape index (κ3) is 3.73. The van der Waals surface area contributed by atoms with Crippen molar-refractivity contribution < 1.29 is 9.90 Å². The topological polar surface area (TPSA) is 77.2 Å². The first-order valence-corrected chi connectivity index (χ1v) is 8.19. The van der Waals surface area contributed by atoms with Gasteiger partial charge in [0.25, 0.3) is 0 Å². The molecule has 1 unspecified atom stereocenters. The minimum atomic E-state index is -0.778. The Morgan fingerprint density at radius 3 is 3.00 bits per heavy atom. The highest BCUT2D eigenvalue weighted by Crippen LogP contribution is 2.38. The first-order chi connectivity index (χ1) is 10.0. The molecule has 1 aliphatic carbocycles. The molecule has 0 saturated heterocycles. The Balaban J connectivity index is 2.26. The number of aromatic nitrogens is 1. The molecule has 21 heavy (non-hydrogen) atoms. The van der Waals surface area contributed by atoms with Crippen molar-refractivity contribution in [3.8, 4) is 6.07 Å². The predicted molar refractivity (Wildman–Crippen MR) is 82.7 cm³/mol. The molecule has 1 heterocycles. The van der Waals surface area contributed by atoms with E-state index < -0.39 is 11.9 Å². The Morgan fingerprint density at radius 1 is 1.62 bits per heavy atom. The molecule has 0 spiro atoms. The first-order valence-electron chi connectivity index (χ1n) is 7.37. The zero-order valence-electron chi connectivity index (χ0n) is 12.5. The highest BCUT2D eigenvalue weighted by Gasteiger charge is 2.30. The highest BCUT2D eigenvalue weighted by molar-refractivity contribution is 7.15. The molecule has 1 aromatic heterocycles. The van der Waals surface area contributed by atoms with Crippen LogP contribution in [0.4, 0.5) is 5.13 Å². The molecule has 0 aromatic carbocycles. The van der Waals surface area contributed by atoms with Gasteiger partial charge in [-0.15, -0.1) is 11.3 Å². The molecule has 1 aliphatic rings. The van der Waals surface area contributed by atoms with E-state index in [0.717, 1.165) is 35.1 Å². The number of nitriles is 1. The summed E-state index contributed by atoms with van der Waals surface area (Å²) in [6, 6.07) is 2.17. The lowest BCUT2D eigenvalue weighted by atomic mass is 9.91. The highest BCUT2D eigenvalue weighted by atomic mass is 32.1. The number of hydrogen-bond acceptors (Lipinski definition) is 5. The number of hydrogen-bond donors (Lipinski definition) is 1. The summed E-state index contributed by atoms with van der Waals surface area (Å²) in [7, 11) is 0. The van der Waals surface area contributed by atoms with E-state index in [2.05, 4.69) is 29.8 Å². The minimum absolute atomic E-state index is 0.458. The van der Waals surface area contributed by atoms with Gasteiger partial charge in [0.15, 0.2) is 5.13 Å². The van der Waals surface area contributed by atoms with E-state index in [1.54, 1.807) is 11.3 Å². The van der Waals surface area contributed by atoms with Crippen molar-refractivity contribution in [2.24, 2.45) is 5.92 Å². The van der Waals surface area contributed by atoms with Crippen LogP contribution in [-0.2, 0) is 11.2 Å². The second-order valence-corrected chi connectivity index (χ2v) is 6.90. The van der Waals surface area contributed by atoms with Crippen molar-refractivity contribution in [1.29, 1.82) is 5.26 Å². The fourth-order valence-corrected chi connectivity index (χ4v) is 3.87. The second kappa shape index (κ2) is 6.90. The van der Waals surface area contributed by atoms with Crippen LogP contribution in [0.25, 0.3) is 0 Å². The number of carboxylic acid groups (broad SMARTS) is 1. The summed E-state index contributed by atoms with van der Waals surface area (Å²) in [4.78, 5) is 19.2. The zero-order valence-corrected chi connectivity index (χ0v) is 13.3. The average molecular weight is 307 g/mol. The van der Waals surface area contributed by atoms with E-state index in [9.17, 15) is 9.90 Å². The zero-order chi connectivity index (χ0) is 15.4. The summed E-state index contributed by atoms with van der Waals surface area (Å²) in [6.07, 6.45) is 2.96. The Kier molecular flexibility index (Phi) is 5.18. The lowest BCUT2D eigenvalue weighted by Crippen LogP contribution is -2.28. The number of nitrogens with zero attached hydrogens (tertiary/aromatic N) is 3. The van der Waals surface area contributed by atoms with Gasteiger partial charge < -0.3 is 10.0 Å². The smallest absolute Gasteiger partial charge is 0.312 e. The van der Waals surface area contributed by atoms with Gasteiger partial charge in [-0.05, 0) is 25.2 Å². The molecule has 2 rings (SSSR count). The van der Waals surface area contributed by atoms with Gasteiger partial charge in [0.2, 0.25) is 0 Å². The molecule has 6 heteroatoms. The van der Waals surface area contributed by atoms with Gasteiger partial charge in [-0.1, -0.05) is 13.8 Å².